The first kappa shape index (κ1) is 20.5. The van der Waals surface area contributed by atoms with Crippen LogP contribution in [0.2, 0.25) is 0 Å². The molecular formula is C23H26N2O2S. The lowest BCUT2D eigenvalue weighted by molar-refractivity contribution is 0.383. The van der Waals surface area contributed by atoms with Gasteiger partial charge in [-0.25, -0.2) is 0 Å². The Morgan fingerprint density at radius 2 is 1.93 bits per heavy atom. The Bertz CT molecular complexity index is 962. The van der Waals surface area contributed by atoms with Crippen molar-refractivity contribution in [3.05, 3.63) is 66.0 Å². The molecular weight excluding hydrogens is 368 g/mol. The van der Waals surface area contributed by atoms with Crippen molar-refractivity contribution in [3.8, 4) is 16.5 Å². The monoisotopic (exact) mass is 394 g/mol. The Hall–Kier alpha value is -2.27. The number of benzene rings is 1. The zero-order chi connectivity index (χ0) is 20.0. The van der Waals surface area contributed by atoms with Crippen LogP contribution < -0.4 is 10.3 Å². The summed E-state index contributed by atoms with van der Waals surface area (Å²) in [6.07, 6.45) is 8.32. The maximum Gasteiger partial charge on any atom is 0.279 e. The molecule has 2 heterocycles. The van der Waals surface area contributed by atoms with Crippen LogP contribution in [0.25, 0.3) is 20.8 Å². The molecule has 0 aliphatic rings. The number of fused-ring (bicyclic) bond motifs is 1. The first-order valence-corrected chi connectivity index (χ1v) is 10.4. The number of rotatable bonds is 8. The van der Waals surface area contributed by atoms with Crippen LogP contribution in [-0.4, -0.2) is 9.97 Å². The molecule has 0 aliphatic heterocycles. The Labute approximate surface area is 170 Å². The first-order chi connectivity index (χ1) is 13.4. The molecule has 28 heavy (non-hydrogen) atoms. The average Bonchev–Trinajstić information content (AvgIpc) is 2.67. The number of unbranched alkanes of at least 4 members (excludes halogenated alkanes) is 3. The van der Waals surface area contributed by atoms with Crippen LogP contribution in [0.4, 0.5) is 0 Å². The van der Waals surface area contributed by atoms with Gasteiger partial charge in [-0.3, -0.25) is 9.78 Å². The second kappa shape index (κ2) is 9.28. The van der Waals surface area contributed by atoms with Crippen molar-refractivity contribution in [2.45, 2.75) is 46.5 Å². The Balaban J connectivity index is 1.57. The molecule has 146 valence electrons. The van der Waals surface area contributed by atoms with E-state index in [2.05, 4.69) is 37.2 Å². The van der Waals surface area contributed by atoms with Gasteiger partial charge in [-0.2, -0.15) is 4.98 Å². The highest BCUT2D eigenvalue weighted by atomic mass is 32.1. The van der Waals surface area contributed by atoms with Gasteiger partial charge in [0.15, 0.2) is 0 Å². The summed E-state index contributed by atoms with van der Waals surface area (Å²) in [4.78, 5) is 20.9. The maximum absolute atomic E-state index is 12.5. The lowest BCUT2D eigenvalue weighted by atomic mass is 9.89. The minimum absolute atomic E-state index is 0.252. The molecule has 1 aromatic carbocycles. The van der Waals surface area contributed by atoms with E-state index in [1.165, 1.54) is 11.3 Å². The number of nitrogens with zero attached hydrogens (tertiary/aromatic N) is 2. The second-order valence-electron chi connectivity index (χ2n) is 7.84. The van der Waals surface area contributed by atoms with Gasteiger partial charge in [-0.1, -0.05) is 33.3 Å². The third kappa shape index (κ3) is 5.86. The number of hydrogen-bond acceptors (Lipinski definition) is 5. The van der Waals surface area contributed by atoms with E-state index < -0.39 is 0 Å². The molecule has 2 radical (unpaired) electrons. The maximum atomic E-state index is 12.5. The van der Waals surface area contributed by atoms with E-state index in [0.29, 0.717) is 21.8 Å². The smallest absolute Gasteiger partial charge is 0.279 e. The summed E-state index contributed by atoms with van der Waals surface area (Å²) >= 11 is 1.46. The van der Waals surface area contributed by atoms with Crippen molar-refractivity contribution in [1.29, 1.82) is 0 Å². The molecule has 0 spiro atoms. The predicted octanol–water partition coefficient (Wildman–Crippen LogP) is 6.07. The zero-order valence-corrected chi connectivity index (χ0v) is 17.5. The highest BCUT2D eigenvalue weighted by Crippen LogP contribution is 2.27. The summed E-state index contributed by atoms with van der Waals surface area (Å²) in [5.41, 5.74) is 0.744. The molecule has 0 atom stereocenters. The number of ether oxygens (including phenoxy) is 1. The minimum atomic E-state index is -0.252. The number of pyridine rings is 1. The standard InChI is InChI=1S/C23H26N2O2S/c1-23(2,3)13-7-4-5-9-15-27-17-11-12-20-18(16-17)21(26)25-22(28-20)19-10-6-8-14-24-19/h6,8,10-16H,4-5,7,9H2,1-3H3. The summed E-state index contributed by atoms with van der Waals surface area (Å²) < 4.78 is 6.60. The van der Waals surface area contributed by atoms with Gasteiger partial charge in [0.25, 0.3) is 5.56 Å². The van der Waals surface area contributed by atoms with E-state index in [1.807, 2.05) is 36.9 Å². The van der Waals surface area contributed by atoms with Gasteiger partial charge in [0.2, 0.25) is 0 Å². The van der Waals surface area contributed by atoms with Crippen LogP contribution in [0.1, 0.15) is 46.5 Å². The largest absolute Gasteiger partial charge is 0.487 e. The molecule has 3 rings (SSSR count). The highest BCUT2D eigenvalue weighted by Gasteiger charge is 2.10. The van der Waals surface area contributed by atoms with Gasteiger partial charge in [0, 0.05) is 10.9 Å². The van der Waals surface area contributed by atoms with Crippen molar-refractivity contribution < 1.29 is 4.74 Å². The summed E-state index contributed by atoms with van der Waals surface area (Å²) in [6, 6.07) is 11.2. The molecule has 0 bridgehead atoms. The molecule has 4 nitrogen and oxygen atoms in total. The zero-order valence-electron chi connectivity index (χ0n) is 16.6. The van der Waals surface area contributed by atoms with Crippen molar-refractivity contribution in [3.63, 3.8) is 0 Å². The fourth-order valence-corrected chi connectivity index (χ4v) is 3.73. The van der Waals surface area contributed by atoms with Crippen molar-refractivity contribution in [2.75, 3.05) is 0 Å². The summed E-state index contributed by atoms with van der Waals surface area (Å²) in [7, 11) is 0. The normalized spacial score (nSPS) is 11.7. The van der Waals surface area contributed by atoms with Crippen molar-refractivity contribution in [2.24, 2.45) is 5.41 Å². The number of aromatic nitrogens is 2. The SMILES string of the molecule is CC(C)(C)[CH]CCCC[CH]Oc1ccc2sc(-c3ccccn3)nc(=O)c2c1. The molecule has 0 N–H and O–H groups in total. The molecule has 5 heteroatoms. The predicted molar refractivity (Wildman–Crippen MR) is 116 cm³/mol. The first-order valence-electron chi connectivity index (χ1n) is 9.61. The lowest BCUT2D eigenvalue weighted by Gasteiger charge is -2.16. The molecule has 0 saturated heterocycles. The van der Waals surface area contributed by atoms with Crippen molar-refractivity contribution >= 4 is 21.4 Å². The topological polar surface area (TPSA) is 52.1 Å². The Morgan fingerprint density at radius 3 is 2.68 bits per heavy atom. The molecule has 0 amide bonds. The Morgan fingerprint density at radius 1 is 1.11 bits per heavy atom. The van der Waals surface area contributed by atoms with Crippen LogP contribution in [0.5, 0.6) is 5.75 Å². The second-order valence-corrected chi connectivity index (χ2v) is 8.87. The van der Waals surface area contributed by atoms with E-state index in [0.717, 1.165) is 30.4 Å². The van der Waals surface area contributed by atoms with Gasteiger partial charge in [-0.05, 0) is 61.4 Å². The molecule has 3 aromatic rings. The third-order valence-electron chi connectivity index (χ3n) is 4.23. The van der Waals surface area contributed by atoms with E-state index in [4.69, 9.17) is 4.74 Å². The summed E-state index contributed by atoms with van der Waals surface area (Å²) in [6.45, 7) is 8.49. The van der Waals surface area contributed by atoms with Crippen LogP contribution >= 0.6 is 11.3 Å². The summed E-state index contributed by atoms with van der Waals surface area (Å²) in [5.74, 6) is 0.672. The van der Waals surface area contributed by atoms with Gasteiger partial charge in [0.1, 0.15) is 17.4 Å². The minimum Gasteiger partial charge on any atom is -0.487 e. The fraction of sp³-hybridized carbons (Fsp3) is 0.348. The van der Waals surface area contributed by atoms with Crippen LogP contribution in [0.3, 0.4) is 0 Å². The highest BCUT2D eigenvalue weighted by molar-refractivity contribution is 7.21. The van der Waals surface area contributed by atoms with Gasteiger partial charge in [0.05, 0.1) is 11.1 Å². The lowest BCUT2D eigenvalue weighted by Crippen LogP contribution is -2.06. The van der Waals surface area contributed by atoms with Crippen LogP contribution in [0, 0.1) is 18.4 Å². The molecule has 0 fully saturated rings. The van der Waals surface area contributed by atoms with Crippen LogP contribution in [0.15, 0.2) is 47.4 Å². The molecule has 2 aromatic heterocycles. The van der Waals surface area contributed by atoms with E-state index in [1.54, 1.807) is 12.3 Å². The fourth-order valence-electron chi connectivity index (χ4n) is 2.78. The average molecular weight is 395 g/mol. The van der Waals surface area contributed by atoms with Crippen molar-refractivity contribution in [1.82, 2.24) is 9.97 Å². The van der Waals surface area contributed by atoms with Gasteiger partial charge < -0.3 is 4.74 Å². The summed E-state index contributed by atoms with van der Waals surface area (Å²) in [5, 5.41) is 1.21. The molecule has 0 saturated carbocycles. The van der Waals surface area contributed by atoms with Crippen LogP contribution in [-0.2, 0) is 0 Å². The Kier molecular flexibility index (Phi) is 6.79. The van der Waals surface area contributed by atoms with E-state index >= 15 is 0 Å². The van der Waals surface area contributed by atoms with Gasteiger partial charge in [-0.15, -0.1) is 11.3 Å². The molecule has 0 aliphatic carbocycles. The van der Waals surface area contributed by atoms with E-state index in [-0.39, 0.29) is 11.0 Å². The molecule has 0 unspecified atom stereocenters. The number of hydrogen-bond donors (Lipinski definition) is 0. The third-order valence-corrected chi connectivity index (χ3v) is 5.30. The quantitative estimate of drug-likeness (QED) is 0.435. The van der Waals surface area contributed by atoms with Gasteiger partial charge >= 0.3 is 0 Å². The van der Waals surface area contributed by atoms with E-state index in [9.17, 15) is 4.79 Å².